The molecule has 0 fully saturated rings. The number of esters is 1. The van der Waals surface area contributed by atoms with E-state index in [9.17, 15) is 14.7 Å². The lowest BCUT2D eigenvalue weighted by molar-refractivity contribution is -0.140. The maximum atomic E-state index is 12.1. The standard InChI is InChI=1S/C22H36O5/c1-17(13-15-23)8-6-10-20(16-27-19(3)24)11-7-9-18(2)21(25)12-14-22(4,5)26/h10,12-14,18,23,26H,6-9,11,15-16H2,1-5H3/b14-12+,17-13-,20-10-/t18-/m0/s1. The molecule has 0 radical (unpaired) electrons. The third kappa shape index (κ3) is 15.1. The van der Waals surface area contributed by atoms with Gasteiger partial charge in [0.2, 0.25) is 0 Å². The molecule has 0 saturated heterocycles. The fourth-order valence-electron chi connectivity index (χ4n) is 2.42. The Labute approximate surface area is 163 Å². The van der Waals surface area contributed by atoms with E-state index in [1.165, 1.54) is 19.1 Å². The van der Waals surface area contributed by atoms with E-state index in [0.29, 0.717) is 0 Å². The lowest BCUT2D eigenvalue weighted by Crippen LogP contribution is -2.16. The first-order valence-electron chi connectivity index (χ1n) is 9.58. The van der Waals surface area contributed by atoms with Gasteiger partial charge in [-0.1, -0.05) is 30.7 Å². The predicted molar refractivity (Wildman–Crippen MR) is 108 cm³/mol. The largest absolute Gasteiger partial charge is 0.461 e. The summed E-state index contributed by atoms with van der Waals surface area (Å²) in [5, 5.41) is 18.5. The second kappa shape index (κ2) is 13.4. The number of carbonyl (C=O) groups is 2. The summed E-state index contributed by atoms with van der Waals surface area (Å²) >= 11 is 0. The molecule has 0 spiro atoms. The van der Waals surface area contributed by atoms with Gasteiger partial charge in [0.15, 0.2) is 5.78 Å². The van der Waals surface area contributed by atoms with Crippen LogP contribution in [-0.2, 0) is 14.3 Å². The third-order valence-electron chi connectivity index (χ3n) is 4.15. The zero-order valence-electron chi connectivity index (χ0n) is 17.5. The van der Waals surface area contributed by atoms with E-state index in [1.807, 2.05) is 13.8 Å². The average Bonchev–Trinajstić information content (AvgIpc) is 2.56. The highest BCUT2D eigenvalue weighted by molar-refractivity contribution is 5.91. The van der Waals surface area contributed by atoms with Crippen LogP contribution >= 0.6 is 0 Å². The van der Waals surface area contributed by atoms with Gasteiger partial charge in [0, 0.05) is 12.8 Å². The summed E-state index contributed by atoms with van der Waals surface area (Å²) in [6.45, 7) is 8.83. The molecule has 0 aromatic rings. The lowest BCUT2D eigenvalue weighted by Gasteiger charge is -2.13. The van der Waals surface area contributed by atoms with Gasteiger partial charge in [-0.2, -0.15) is 0 Å². The van der Waals surface area contributed by atoms with Crippen molar-refractivity contribution in [2.75, 3.05) is 13.2 Å². The Hall–Kier alpha value is -1.72. The predicted octanol–water partition coefficient (Wildman–Crippen LogP) is 3.90. The van der Waals surface area contributed by atoms with Gasteiger partial charge in [0.25, 0.3) is 0 Å². The Kier molecular flexibility index (Phi) is 12.6. The summed E-state index contributed by atoms with van der Waals surface area (Å²) in [6.07, 6.45) is 10.8. The number of hydrogen-bond acceptors (Lipinski definition) is 5. The summed E-state index contributed by atoms with van der Waals surface area (Å²) < 4.78 is 5.12. The smallest absolute Gasteiger partial charge is 0.302 e. The summed E-state index contributed by atoms with van der Waals surface area (Å²) in [7, 11) is 0. The van der Waals surface area contributed by atoms with Gasteiger partial charge < -0.3 is 14.9 Å². The van der Waals surface area contributed by atoms with Crippen LogP contribution in [0.25, 0.3) is 0 Å². The normalized spacial score (nSPS) is 14.5. The molecule has 5 nitrogen and oxygen atoms in total. The average molecular weight is 381 g/mol. The minimum atomic E-state index is -0.988. The Morgan fingerprint density at radius 3 is 2.37 bits per heavy atom. The van der Waals surface area contributed by atoms with Crippen molar-refractivity contribution in [1.82, 2.24) is 0 Å². The van der Waals surface area contributed by atoms with Crippen molar-refractivity contribution < 1.29 is 24.5 Å². The number of carbonyl (C=O) groups excluding carboxylic acids is 2. The minimum absolute atomic E-state index is 0.00686. The van der Waals surface area contributed by atoms with E-state index >= 15 is 0 Å². The van der Waals surface area contributed by atoms with E-state index in [1.54, 1.807) is 19.9 Å². The van der Waals surface area contributed by atoms with Crippen LogP contribution in [0.3, 0.4) is 0 Å². The summed E-state index contributed by atoms with van der Waals surface area (Å²) in [4.78, 5) is 23.2. The second-order valence-electron chi connectivity index (χ2n) is 7.60. The van der Waals surface area contributed by atoms with Crippen LogP contribution in [-0.4, -0.2) is 40.8 Å². The summed E-state index contributed by atoms with van der Waals surface area (Å²) in [5.74, 6) is -0.418. The van der Waals surface area contributed by atoms with Crippen molar-refractivity contribution in [2.24, 2.45) is 5.92 Å². The molecule has 5 heteroatoms. The molecular weight excluding hydrogens is 344 g/mol. The fourth-order valence-corrected chi connectivity index (χ4v) is 2.42. The van der Waals surface area contributed by atoms with E-state index in [2.05, 4.69) is 6.08 Å². The highest BCUT2D eigenvalue weighted by Gasteiger charge is 2.13. The van der Waals surface area contributed by atoms with Crippen LogP contribution in [0.15, 0.2) is 35.5 Å². The number of rotatable bonds is 13. The first-order valence-corrected chi connectivity index (χ1v) is 9.58. The molecule has 0 rings (SSSR count). The summed E-state index contributed by atoms with van der Waals surface area (Å²) in [5.41, 5.74) is 1.19. The molecule has 0 aliphatic rings. The Balaban J connectivity index is 4.57. The van der Waals surface area contributed by atoms with Gasteiger partial charge >= 0.3 is 5.97 Å². The molecule has 0 amide bonds. The van der Waals surface area contributed by atoms with Crippen LogP contribution < -0.4 is 0 Å². The van der Waals surface area contributed by atoms with Crippen LogP contribution in [0.1, 0.15) is 66.7 Å². The van der Waals surface area contributed by atoms with E-state index in [0.717, 1.165) is 43.3 Å². The molecule has 0 aromatic heterocycles. The molecule has 1 atom stereocenters. The highest BCUT2D eigenvalue weighted by Crippen LogP contribution is 2.17. The number of ether oxygens (including phenoxy) is 1. The van der Waals surface area contributed by atoms with Gasteiger partial charge in [-0.15, -0.1) is 0 Å². The number of allylic oxidation sites excluding steroid dienone is 3. The van der Waals surface area contributed by atoms with Crippen LogP contribution in [0.4, 0.5) is 0 Å². The van der Waals surface area contributed by atoms with E-state index in [4.69, 9.17) is 9.84 Å². The Bertz CT molecular complexity index is 550. The second-order valence-corrected chi connectivity index (χ2v) is 7.60. The van der Waals surface area contributed by atoms with Gasteiger partial charge in [0.1, 0.15) is 6.61 Å². The molecule has 2 N–H and O–H groups in total. The topological polar surface area (TPSA) is 83.8 Å². The maximum Gasteiger partial charge on any atom is 0.302 e. The van der Waals surface area contributed by atoms with Crippen molar-refractivity contribution in [2.45, 2.75) is 72.3 Å². The van der Waals surface area contributed by atoms with Crippen LogP contribution in [0.2, 0.25) is 0 Å². The zero-order valence-corrected chi connectivity index (χ0v) is 17.5. The van der Waals surface area contributed by atoms with E-state index in [-0.39, 0.29) is 30.9 Å². The molecule has 0 bridgehead atoms. The Morgan fingerprint density at radius 2 is 1.81 bits per heavy atom. The monoisotopic (exact) mass is 380 g/mol. The molecule has 0 aromatic carbocycles. The van der Waals surface area contributed by atoms with Gasteiger partial charge in [0.05, 0.1) is 12.2 Å². The molecule has 27 heavy (non-hydrogen) atoms. The maximum absolute atomic E-state index is 12.1. The fraction of sp³-hybridized carbons (Fsp3) is 0.636. The minimum Gasteiger partial charge on any atom is -0.461 e. The zero-order chi connectivity index (χ0) is 20.9. The van der Waals surface area contributed by atoms with Crippen LogP contribution in [0.5, 0.6) is 0 Å². The molecule has 0 aliphatic carbocycles. The first-order chi connectivity index (χ1) is 12.5. The molecule has 0 saturated carbocycles. The summed E-state index contributed by atoms with van der Waals surface area (Å²) in [6, 6.07) is 0. The van der Waals surface area contributed by atoms with Crippen molar-refractivity contribution >= 4 is 11.8 Å². The van der Waals surface area contributed by atoms with Crippen molar-refractivity contribution in [3.63, 3.8) is 0 Å². The SMILES string of the molecule is CC(=O)OC/C(=C\CC/C(C)=C\CO)CCC[C@H](C)C(=O)/C=C/C(C)(C)O. The molecule has 0 heterocycles. The van der Waals surface area contributed by atoms with Crippen molar-refractivity contribution in [3.05, 3.63) is 35.5 Å². The molecular formula is C22H36O5. The number of aliphatic hydroxyl groups excluding tert-OH is 1. The quantitative estimate of drug-likeness (QED) is 0.288. The molecule has 0 unspecified atom stereocenters. The third-order valence-corrected chi connectivity index (χ3v) is 4.15. The highest BCUT2D eigenvalue weighted by atomic mass is 16.5. The van der Waals surface area contributed by atoms with Gasteiger partial charge in [-0.05, 0) is 64.5 Å². The molecule has 0 aliphatic heterocycles. The Morgan fingerprint density at radius 1 is 1.15 bits per heavy atom. The van der Waals surface area contributed by atoms with Crippen LogP contribution in [0, 0.1) is 5.92 Å². The number of ketones is 1. The van der Waals surface area contributed by atoms with Gasteiger partial charge in [-0.3, -0.25) is 9.59 Å². The van der Waals surface area contributed by atoms with Gasteiger partial charge in [-0.25, -0.2) is 0 Å². The molecule has 154 valence electrons. The first kappa shape index (κ1) is 25.3. The van der Waals surface area contributed by atoms with Crippen molar-refractivity contribution in [1.29, 1.82) is 0 Å². The number of aliphatic hydroxyl groups is 2. The number of hydrogen-bond donors (Lipinski definition) is 2. The lowest BCUT2D eigenvalue weighted by atomic mass is 9.96. The van der Waals surface area contributed by atoms with E-state index < -0.39 is 5.60 Å². The van der Waals surface area contributed by atoms with Crippen molar-refractivity contribution in [3.8, 4) is 0 Å².